The molecule has 0 aliphatic heterocycles. The smallest absolute Gasteiger partial charge is 0.240 e. The first-order chi connectivity index (χ1) is 12.6. The van der Waals surface area contributed by atoms with Crippen molar-refractivity contribution in [1.82, 2.24) is 4.72 Å². The van der Waals surface area contributed by atoms with Gasteiger partial charge >= 0.3 is 0 Å². The van der Waals surface area contributed by atoms with Crippen molar-refractivity contribution in [2.24, 2.45) is 4.99 Å². The van der Waals surface area contributed by atoms with E-state index >= 15 is 0 Å². The van der Waals surface area contributed by atoms with E-state index in [1.807, 2.05) is 0 Å². The molecular weight excluding hydrogens is 352 g/mol. The molecule has 0 aliphatic carbocycles. The van der Waals surface area contributed by atoms with E-state index in [1.165, 1.54) is 18.9 Å². The lowest BCUT2D eigenvalue weighted by Gasteiger charge is -2.09. The van der Waals surface area contributed by atoms with Crippen LogP contribution in [0.4, 0.5) is 0 Å². The van der Waals surface area contributed by atoms with E-state index in [0.717, 1.165) is 38.5 Å². The molecule has 0 fully saturated rings. The first kappa shape index (κ1) is 22.4. The van der Waals surface area contributed by atoms with E-state index in [-0.39, 0.29) is 4.90 Å². The van der Waals surface area contributed by atoms with Gasteiger partial charge in [-0.15, -0.1) is 0 Å². The number of rotatable bonds is 15. The third-order valence-electron chi connectivity index (χ3n) is 3.95. The van der Waals surface area contributed by atoms with E-state index < -0.39 is 10.0 Å². The first-order valence-corrected chi connectivity index (χ1v) is 10.8. The van der Waals surface area contributed by atoms with Crippen LogP contribution in [0.15, 0.2) is 34.2 Å². The summed E-state index contributed by atoms with van der Waals surface area (Å²) in [6.45, 7) is 3.71. The normalized spacial score (nSPS) is 11.1. The quantitative estimate of drug-likeness (QED) is 0.284. The van der Waals surface area contributed by atoms with Crippen molar-refractivity contribution in [2.75, 3.05) is 19.7 Å². The van der Waals surface area contributed by atoms with Crippen LogP contribution in [0.3, 0.4) is 0 Å². The Morgan fingerprint density at radius 3 is 2.38 bits per heavy atom. The monoisotopic (exact) mass is 382 g/mol. The maximum atomic E-state index is 12.2. The van der Waals surface area contributed by atoms with Crippen LogP contribution in [0.25, 0.3) is 0 Å². The maximum absolute atomic E-state index is 12.2. The minimum absolute atomic E-state index is 0.246. The van der Waals surface area contributed by atoms with Crippen molar-refractivity contribution in [3.05, 3.63) is 24.3 Å². The molecule has 0 saturated carbocycles. The molecule has 1 aromatic rings. The van der Waals surface area contributed by atoms with Gasteiger partial charge in [-0.3, -0.25) is 0 Å². The highest BCUT2D eigenvalue weighted by molar-refractivity contribution is 7.89. The molecule has 6 nitrogen and oxygen atoms in total. The molecule has 0 spiro atoms. The van der Waals surface area contributed by atoms with Gasteiger partial charge in [-0.2, -0.15) is 0 Å². The van der Waals surface area contributed by atoms with Crippen LogP contribution in [0.2, 0.25) is 0 Å². The molecular formula is C19H30N2O4S. The molecule has 1 rings (SSSR count). The predicted molar refractivity (Wildman–Crippen MR) is 103 cm³/mol. The fourth-order valence-electron chi connectivity index (χ4n) is 2.44. The number of aliphatic imine (C=N–C) groups is 1. The van der Waals surface area contributed by atoms with E-state index in [1.54, 1.807) is 24.3 Å². The van der Waals surface area contributed by atoms with Crippen LogP contribution in [-0.2, 0) is 14.8 Å². The number of hydrogen-bond donors (Lipinski definition) is 1. The maximum Gasteiger partial charge on any atom is 0.240 e. The van der Waals surface area contributed by atoms with Crippen LogP contribution in [0.1, 0.15) is 58.3 Å². The summed E-state index contributed by atoms with van der Waals surface area (Å²) in [4.78, 5) is 13.6. The van der Waals surface area contributed by atoms with Gasteiger partial charge in [0.15, 0.2) is 0 Å². The zero-order chi connectivity index (χ0) is 19.1. The van der Waals surface area contributed by atoms with Crippen molar-refractivity contribution in [3.63, 3.8) is 0 Å². The molecule has 0 radical (unpaired) electrons. The standard InChI is InChI=1S/C19H30N2O4S/c1-2-3-4-9-16-25-18-10-12-19(13-11-18)26(23,24)21-15-8-6-5-7-14-20-17-22/h10-13,21H,2-9,14-16H2,1H3. The van der Waals surface area contributed by atoms with Crippen LogP contribution in [-0.4, -0.2) is 34.2 Å². The molecule has 0 amide bonds. The van der Waals surface area contributed by atoms with Gasteiger partial charge in [0.2, 0.25) is 16.1 Å². The van der Waals surface area contributed by atoms with E-state index in [2.05, 4.69) is 16.6 Å². The fourth-order valence-corrected chi connectivity index (χ4v) is 3.51. The SMILES string of the molecule is CCCCCCOc1ccc(S(=O)(=O)NCCCCCCN=C=O)cc1. The summed E-state index contributed by atoms with van der Waals surface area (Å²) in [5.74, 6) is 0.693. The van der Waals surface area contributed by atoms with Crippen molar-refractivity contribution < 1.29 is 17.9 Å². The third kappa shape index (κ3) is 9.70. The number of nitrogens with zero attached hydrogens (tertiary/aromatic N) is 1. The van der Waals surface area contributed by atoms with Gasteiger partial charge in [0.05, 0.1) is 18.0 Å². The number of nitrogens with one attached hydrogen (secondary N) is 1. The van der Waals surface area contributed by atoms with Gasteiger partial charge in [-0.1, -0.05) is 39.0 Å². The summed E-state index contributed by atoms with van der Waals surface area (Å²) in [5.41, 5.74) is 0. The average molecular weight is 383 g/mol. The second kappa shape index (κ2) is 13.5. The number of carbonyl (C=O) groups excluding carboxylic acids is 1. The number of unbranched alkanes of at least 4 members (excludes halogenated alkanes) is 6. The van der Waals surface area contributed by atoms with E-state index in [0.29, 0.717) is 25.4 Å². The Balaban J connectivity index is 2.29. The summed E-state index contributed by atoms with van der Waals surface area (Å²) in [6.07, 6.45) is 9.44. The predicted octanol–water partition coefficient (Wildman–Crippen LogP) is 3.82. The minimum atomic E-state index is -3.49. The first-order valence-electron chi connectivity index (χ1n) is 9.36. The summed E-state index contributed by atoms with van der Waals surface area (Å²) < 4.78 is 32.7. The fraction of sp³-hybridized carbons (Fsp3) is 0.632. The molecule has 0 aliphatic rings. The number of hydrogen-bond acceptors (Lipinski definition) is 5. The molecule has 0 unspecified atom stereocenters. The van der Waals surface area contributed by atoms with Crippen LogP contribution in [0, 0.1) is 0 Å². The Morgan fingerprint density at radius 1 is 1.00 bits per heavy atom. The molecule has 0 heterocycles. The third-order valence-corrected chi connectivity index (χ3v) is 5.43. The highest BCUT2D eigenvalue weighted by Crippen LogP contribution is 2.16. The van der Waals surface area contributed by atoms with Crippen molar-refractivity contribution >= 4 is 16.1 Å². The number of sulfonamides is 1. The molecule has 26 heavy (non-hydrogen) atoms. The zero-order valence-electron chi connectivity index (χ0n) is 15.6. The van der Waals surface area contributed by atoms with Gasteiger partial charge in [0.1, 0.15) is 5.75 Å². The van der Waals surface area contributed by atoms with Crippen LogP contribution < -0.4 is 9.46 Å². The second-order valence-electron chi connectivity index (χ2n) is 6.17. The van der Waals surface area contributed by atoms with Gasteiger partial charge < -0.3 is 4.74 Å². The van der Waals surface area contributed by atoms with Gasteiger partial charge in [-0.05, 0) is 43.5 Å². The van der Waals surface area contributed by atoms with Gasteiger partial charge in [0, 0.05) is 6.54 Å². The highest BCUT2D eigenvalue weighted by atomic mass is 32.2. The number of isocyanates is 1. The Hall–Kier alpha value is -1.69. The number of ether oxygens (including phenoxy) is 1. The lowest BCUT2D eigenvalue weighted by atomic mass is 10.2. The molecule has 0 aromatic heterocycles. The lowest BCUT2D eigenvalue weighted by Crippen LogP contribution is -2.24. The Morgan fingerprint density at radius 2 is 1.69 bits per heavy atom. The van der Waals surface area contributed by atoms with Gasteiger partial charge in [-0.25, -0.2) is 22.9 Å². The summed E-state index contributed by atoms with van der Waals surface area (Å²) in [6, 6.07) is 6.53. The summed E-state index contributed by atoms with van der Waals surface area (Å²) in [7, 11) is -3.49. The number of benzene rings is 1. The topological polar surface area (TPSA) is 84.8 Å². The minimum Gasteiger partial charge on any atom is -0.494 e. The molecule has 7 heteroatoms. The van der Waals surface area contributed by atoms with Gasteiger partial charge in [0.25, 0.3) is 0 Å². The molecule has 0 bridgehead atoms. The van der Waals surface area contributed by atoms with E-state index in [4.69, 9.17) is 4.74 Å². The Labute approximate surface area is 157 Å². The Kier molecular flexibility index (Phi) is 11.6. The summed E-state index contributed by atoms with van der Waals surface area (Å²) in [5, 5.41) is 0. The second-order valence-corrected chi connectivity index (χ2v) is 7.93. The van der Waals surface area contributed by atoms with Crippen molar-refractivity contribution in [2.45, 2.75) is 63.2 Å². The molecule has 1 N–H and O–H groups in total. The lowest BCUT2D eigenvalue weighted by molar-refractivity contribution is 0.305. The largest absolute Gasteiger partial charge is 0.494 e. The molecule has 0 saturated heterocycles. The molecule has 1 aromatic carbocycles. The average Bonchev–Trinajstić information content (AvgIpc) is 2.64. The van der Waals surface area contributed by atoms with E-state index in [9.17, 15) is 13.2 Å². The highest BCUT2D eigenvalue weighted by Gasteiger charge is 2.13. The van der Waals surface area contributed by atoms with Crippen LogP contribution in [0.5, 0.6) is 5.75 Å². The van der Waals surface area contributed by atoms with Crippen molar-refractivity contribution in [1.29, 1.82) is 0 Å². The molecule has 146 valence electrons. The Bertz CT molecular complexity index is 638. The summed E-state index contributed by atoms with van der Waals surface area (Å²) >= 11 is 0. The van der Waals surface area contributed by atoms with Crippen molar-refractivity contribution in [3.8, 4) is 5.75 Å². The zero-order valence-corrected chi connectivity index (χ0v) is 16.4. The molecule has 0 atom stereocenters. The van der Waals surface area contributed by atoms with Crippen LogP contribution >= 0.6 is 0 Å².